The second kappa shape index (κ2) is 6.40. The molecule has 7 heteroatoms. The van der Waals surface area contributed by atoms with Crippen LogP contribution in [0.4, 0.5) is 5.82 Å². The fourth-order valence-electron chi connectivity index (χ4n) is 2.04. The van der Waals surface area contributed by atoms with E-state index in [-0.39, 0.29) is 5.91 Å². The summed E-state index contributed by atoms with van der Waals surface area (Å²) in [4.78, 5) is 16.4. The fourth-order valence-corrected chi connectivity index (χ4v) is 2.53. The summed E-state index contributed by atoms with van der Waals surface area (Å²) in [6.45, 7) is 1.87. The number of hydrogen-bond donors (Lipinski definition) is 1. The summed E-state index contributed by atoms with van der Waals surface area (Å²) in [5, 5.41) is 7.92. The van der Waals surface area contributed by atoms with E-state index in [1.54, 1.807) is 30.6 Å². The average Bonchev–Trinajstić information content (AvgIpc) is 2.99. The van der Waals surface area contributed by atoms with E-state index in [1.807, 2.05) is 19.1 Å². The smallest absolute Gasteiger partial charge is 0.260 e. The summed E-state index contributed by atoms with van der Waals surface area (Å²) in [5.74, 6) is 0.234. The van der Waals surface area contributed by atoms with Crippen LogP contribution in [0.5, 0.6) is 0 Å². The lowest BCUT2D eigenvalue weighted by Crippen LogP contribution is -2.13. The molecule has 0 saturated carbocycles. The van der Waals surface area contributed by atoms with Crippen LogP contribution in [0.25, 0.3) is 5.69 Å². The van der Waals surface area contributed by atoms with Gasteiger partial charge in [0.25, 0.3) is 5.91 Å². The van der Waals surface area contributed by atoms with Crippen LogP contribution in [0, 0.1) is 6.92 Å². The molecule has 3 aromatic rings. The van der Waals surface area contributed by atoms with Crippen LogP contribution in [0.1, 0.15) is 15.9 Å². The molecule has 0 aliphatic carbocycles. The fraction of sp³-hybridized carbons (Fsp3) is 0.0625. The van der Waals surface area contributed by atoms with E-state index >= 15 is 0 Å². The third kappa shape index (κ3) is 3.36. The van der Waals surface area contributed by atoms with Crippen molar-refractivity contribution in [3.8, 4) is 5.69 Å². The summed E-state index contributed by atoms with van der Waals surface area (Å²) < 4.78 is 1.53. The molecule has 0 bridgehead atoms. The molecular formula is C16H12Cl2N4O. The first kappa shape index (κ1) is 15.5. The van der Waals surface area contributed by atoms with Crippen molar-refractivity contribution in [2.75, 3.05) is 5.32 Å². The normalized spacial score (nSPS) is 10.6. The van der Waals surface area contributed by atoms with Crippen LogP contribution in [0.3, 0.4) is 0 Å². The SMILES string of the molecule is Cc1cccnc1NC(=O)c1cnn(-c2ccc(Cl)cc2Cl)c1. The summed E-state index contributed by atoms with van der Waals surface area (Å²) >= 11 is 12.0. The first-order valence-electron chi connectivity index (χ1n) is 6.77. The number of rotatable bonds is 3. The minimum atomic E-state index is -0.289. The number of nitrogens with one attached hydrogen (secondary N) is 1. The standard InChI is InChI=1S/C16H12Cl2N4O/c1-10-3-2-6-19-15(10)21-16(23)11-8-20-22(9-11)14-5-4-12(17)7-13(14)18/h2-9H,1H3,(H,19,21,23). The Balaban J connectivity index is 1.84. The number of aryl methyl sites for hydroxylation is 1. The van der Waals surface area contributed by atoms with E-state index in [4.69, 9.17) is 23.2 Å². The van der Waals surface area contributed by atoms with Gasteiger partial charge in [0, 0.05) is 17.4 Å². The minimum Gasteiger partial charge on any atom is -0.306 e. The molecule has 0 radical (unpaired) electrons. The Morgan fingerprint density at radius 2 is 2.09 bits per heavy atom. The first-order chi connectivity index (χ1) is 11.0. The summed E-state index contributed by atoms with van der Waals surface area (Å²) in [6.07, 6.45) is 4.70. The van der Waals surface area contributed by atoms with Gasteiger partial charge in [0.1, 0.15) is 5.82 Å². The van der Waals surface area contributed by atoms with Crippen LogP contribution in [0.2, 0.25) is 10.0 Å². The van der Waals surface area contributed by atoms with Gasteiger partial charge < -0.3 is 5.32 Å². The van der Waals surface area contributed by atoms with E-state index in [0.29, 0.717) is 27.1 Å². The third-order valence-electron chi connectivity index (χ3n) is 3.24. The monoisotopic (exact) mass is 346 g/mol. The number of aromatic nitrogens is 3. The van der Waals surface area contributed by atoms with Crippen LogP contribution >= 0.6 is 23.2 Å². The Bertz CT molecular complexity index is 876. The van der Waals surface area contributed by atoms with Crippen molar-refractivity contribution in [1.82, 2.24) is 14.8 Å². The van der Waals surface area contributed by atoms with Gasteiger partial charge in [-0.05, 0) is 36.8 Å². The van der Waals surface area contributed by atoms with Crippen molar-refractivity contribution in [1.29, 1.82) is 0 Å². The molecule has 23 heavy (non-hydrogen) atoms. The number of halogens is 2. The molecule has 0 aliphatic rings. The van der Waals surface area contributed by atoms with Crippen LogP contribution in [-0.2, 0) is 0 Å². The molecule has 1 N–H and O–H groups in total. The maximum atomic E-state index is 12.3. The van der Waals surface area contributed by atoms with Gasteiger partial charge in [-0.1, -0.05) is 29.3 Å². The maximum Gasteiger partial charge on any atom is 0.260 e. The average molecular weight is 347 g/mol. The Morgan fingerprint density at radius 3 is 2.83 bits per heavy atom. The zero-order valence-corrected chi connectivity index (χ0v) is 13.6. The number of hydrogen-bond acceptors (Lipinski definition) is 3. The molecule has 0 atom stereocenters. The molecule has 116 valence electrons. The lowest BCUT2D eigenvalue weighted by molar-refractivity contribution is 0.102. The van der Waals surface area contributed by atoms with E-state index in [9.17, 15) is 4.79 Å². The Hall–Kier alpha value is -2.37. The van der Waals surface area contributed by atoms with Crippen molar-refractivity contribution in [3.05, 3.63) is 70.1 Å². The molecule has 0 saturated heterocycles. The highest BCUT2D eigenvalue weighted by atomic mass is 35.5. The highest BCUT2D eigenvalue weighted by Gasteiger charge is 2.12. The highest BCUT2D eigenvalue weighted by Crippen LogP contribution is 2.24. The van der Waals surface area contributed by atoms with Gasteiger partial charge >= 0.3 is 0 Å². The summed E-state index contributed by atoms with van der Waals surface area (Å²) in [6, 6.07) is 8.76. The molecule has 3 rings (SSSR count). The van der Waals surface area contributed by atoms with Crippen molar-refractivity contribution >= 4 is 34.9 Å². The Morgan fingerprint density at radius 1 is 1.26 bits per heavy atom. The lowest BCUT2D eigenvalue weighted by Gasteiger charge is -2.05. The largest absolute Gasteiger partial charge is 0.306 e. The van der Waals surface area contributed by atoms with Crippen molar-refractivity contribution in [3.63, 3.8) is 0 Å². The molecule has 0 aliphatic heterocycles. The second-order valence-corrected chi connectivity index (χ2v) is 5.74. The number of anilines is 1. The van der Waals surface area contributed by atoms with E-state index < -0.39 is 0 Å². The summed E-state index contributed by atoms with van der Waals surface area (Å²) in [7, 11) is 0. The topological polar surface area (TPSA) is 59.8 Å². The van der Waals surface area contributed by atoms with Gasteiger partial charge in [-0.15, -0.1) is 0 Å². The lowest BCUT2D eigenvalue weighted by atomic mass is 10.2. The number of nitrogens with zero attached hydrogens (tertiary/aromatic N) is 3. The number of benzene rings is 1. The molecule has 0 fully saturated rings. The highest BCUT2D eigenvalue weighted by molar-refractivity contribution is 6.35. The quantitative estimate of drug-likeness (QED) is 0.775. The maximum absolute atomic E-state index is 12.3. The van der Waals surface area contributed by atoms with Gasteiger partial charge in [0.15, 0.2) is 0 Å². The zero-order valence-electron chi connectivity index (χ0n) is 12.1. The van der Waals surface area contributed by atoms with Crippen LogP contribution in [0.15, 0.2) is 48.9 Å². The molecule has 5 nitrogen and oxygen atoms in total. The number of carbonyl (C=O) groups is 1. The van der Waals surface area contributed by atoms with Gasteiger partial charge in [-0.2, -0.15) is 5.10 Å². The van der Waals surface area contributed by atoms with Crippen LogP contribution in [-0.4, -0.2) is 20.7 Å². The molecule has 2 heterocycles. The third-order valence-corrected chi connectivity index (χ3v) is 3.78. The van der Waals surface area contributed by atoms with Crippen molar-refractivity contribution in [2.24, 2.45) is 0 Å². The predicted molar refractivity (Wildman–Crippen MR) is 90.5 cm³/mol. The minimum absolute atomic E-state index is 0.289. The van der Waals surface area contributed by atoms with E-state index in [0.717, 1.165) is 5.56 Å². The molecule has 1 amide bonds. The van der Waals surface area contributed by atoms with Gasteiger partial charge in [0.05, 0.1) is 22.5 Å². The number of carbonyl (C=O) groups excluding carboxylic acids is 1. The Labute approximate surface area is 142 Å². The van der Waals surface area contributed by atoms with Gasteiger partial charge in [-0.25, -0.2) is 9.67 Å². The molecule has 1 aromatic carbocycles. The predicted octanol–water partition coefficient (Wildman–Crippen LogP) is 4.13. The second-order valence-electron chi connectivity index (χ2n) is 4.89. The molecule has 0 unspecified atom stereocenters. The van der Waals surface area contributed by atoms with Crippen molar-refractivity contribution < 1.29 is 4.79 Å². The van der Waals surface area contributed by atoms with Gasteiger partial charge in [0.2, 0.25) is 0 Å². The van der Waals surface area contributed by atoms with E-state index in [1.165, 1.54) is 10.9 Å². The number of amides is 1. The molecular weight excluding hydrogens is 335 g/mol. The Kier molecular flexibility index (Phi) is 4.32. The zero-order chi connectivity index (χ0) is 16.4. The molecule has 2 aromatic heterocycles. The van der Waals surface area contributed by atoms with E-state index in [2.05, 4.69) is 15.4 Å². The van der Waals surface area contributed by atoms with Gasteiger partial charge in [-0.3, -0.25) is 4.79 Å². The molecule has 0 spiro atoms. The van der Waals surface area contributed by atoms with Crippen molar-refractivity contribution in [2.45, 2.75) is 6.92 Å². The number of pyridine rings is 1. The van der Waals surface area contributed by atoms with Crippen LogP contribution < -0.4 is 5.32 Å². The summed E-state index contributed by atoms with van der Waals surface area (Å²) in [5.41, 5.74) is 1.93. The first-order valence-corrected chi connectivity index (χ1v) is 7.53.